The first-order chi connectivity index (χ1) is 28.6. The van der Waals surface area contributed by atoms with Crippen LogP contribution in [0, 0.1) is 0 Å². The van der Waals surface area contributed by atoms with E-state index in [1.54, 1.807) is 0 Å². The third-order valence-corrected chi connectivity index (χ3v) is 12.4. The van der Waals surface area contributed by atoms with E-state index in [1.807, 2.05) is 0 Å². The van der Waals surface area contributed by atoms with E-state index in [9.17, 15) is 0 Å². The van der Waals surface area contributed by atoms with Crippen LogP contribution in [0.3, 0.4) is 0 Å². The molecule has 0 atom stereocenters. The normalized spacial score (nSPS) is 13.1. The van der Waals surface area contributed by atoms with Crippen LogP contribution in [-0.4, -0.2) is 9.55 Å². The van der Waals surface area contributed by atoms with E-state index < -0.39 is 0 Å². The van der Waals surface area contributed by atoms with Crippen LogP contribution in [0.2, 0.25) is 0 Å². The maximum absolute atomic E-state index is 7.03. The number of hydrogen-bond acceptors (Lipinski definition) is 3. The Morgan fingerprint density at radius 3 is 2.02 bits per heavy atom. The summed E-state index contributed by atoms with van der Waals surface area (Å²) in [5.41, 5.74) is 14.0. The van der Waals surface area contributed by atoms with Gasteiger partial charge in [0.25, 0.3) is 0 Å². The van der Waals surface area contributed by atoms with Crippen LogP contribution in [0.15, 0.2) is 192 Å². The summed E-state index contributed by atoms with van der Waals surface area (Å²) in [6.45, 7) is 4.69. The summed E-state index contributed by atoms with van der Waals surface area (Å²) in [6.07, 6.45) is 0. The van der Waals surface area contributed by atoms with Gasteiger partial charge in [-0.05, 0) is 81.4 Å². The summed E-state index contributed by atoms with van der Waals surface area (Å²) >= 11 is 0. The molecule has 2 heterocycles. The molecule has 0 saturated carbocycles. The molecule has 1 aliphatic carbocycles. The molecular weight excluding hydrogens is 707 g/mol. The van der Waals surface area contributed by atoms with Crippen LogP contribution < -0.4 is 4.90 Å². The van der Waals surface area contributed by atoms with Gasteiger partial charge in [0, 0.05) is 38.4 Å². The quantitative estimate of drug-likeness (QED) is 0.176. The largest absolute Gasteiger partial charge is 0.434 e. The van der Waals surface area contributed by atoms with Gasteiger partial charge in [-0.15, -0.1) is 0 Å². The number of anilines is 3. The molecule has 4 heteroatoms. The second-order valence-corrected chi connectivity index (χ2v) is 15.9. The van der Waals surface area contributed by atoms with E-state index in [1.165, 1.54) is 43.9 Å². The van der Waals surface area contributed by atoms with Crippen LogP contribution in [0.1, 0.15) is 25.0 Å². The Hall–Kier alpha value is -7.43. The number of fused-ring (bicyclic) bond motifs is 10. The highest BCUT2D eigenvalue weighted by Gasteiger charge is 2.38. The Balaban J connectivity index is 1.22. The van der Waals surface area contributed by atoms with E-state index >= 15 is 0 Å². The van der Waals surface area contributed by atoms with E-state index in [4.69, 9.17) is 9.40 Å². The van der Waals surface area contributed by atoms with E-state index in [0.717, 1.165) is 61.1 Å². The highest BCUT2D eigenvalue weighted by molar-refractivity contribution is 6.25. The predicted octanol–water partition coefficient (Wildman–Crippen LogP) is 14.7. The number of oxazole rings is 1. The Morgan fingerprint density at radius 2 is 1.14 bits per heavy atom. The molecule has 58 heavy (non-hydrogen) atoms. The smallest absolute Gasteiger partial charge is 0.228 e. The molecular formula is C54H37N3O. The average Bonchev–Trinajstić information content (AvgIpc) is 3.93. The van der Waals surface area contributed by atoms with Gasteiger partial charge in [0.1, 0.15) is 5.52 Å². The average molecular weight is 744 g/mol. The number of aromatic nitrogens is 2. The van der Waals surface area contributed by atoms with Crippen molar-refractivity contribution in [1.29, 1.82) is 0 Å². The Labute approximate surface area is 335 Å². The zero-order chi connectivity index (χ0) is 38.5. The molecule has 0 amide bonds. The van der Waals surface area contributed by atoms with Gasteiger partial charge in [-0.1, -0.05) is 153 Å². The van der Waals surface area contributed by atoms with Crippen LogP contribution in [0.25, 0.3) is 82.7 Å². The van der Waals surface area contributed by atoms with Crippen LogP contribution in [0.5, 0.6) is 0 Å². The fraction of sp³-hybridized carbons (Fsp3) is 0.0556. The Morgan fingerprint density at radius 1 is 0.500 bits per heavy atom. The van der Waals surface area contributed by atoms with E-state index in [0.29, 0.717) is 5.89 Å². The van der Waals surface area contributed by atoms with Crippen molar-refractivity contribution in [2.24, 2.45) is 0 Å². The lowest BCUT2D eigenvalue weighted by molar-refractivity contribution is 0.621. The number of nitrogens with zero attached hydrogens (tertiary/aromatic N) is 3. The standard InChI is InChI=1S/C54H37N3O/c1-54(2)42-27-12-10-24-40(42)51-43(54)28-15-31-46(51)57(47-32-16-29-44-52(47)58-53(55-44)39-26-14-18-34-17-6-7-21-36(34)39)48-33-49-50(38-23-9-8-22-37(38)48)41-25-11-13-30-45(41)56(49)35-19-4-3-5-20-35/h3-33H,1-2H3. The summed E-state index contributed by atoms with van der Waals surface area (Å²) in [7, 11) is 0. The molecule has 0 saturated heterocycles. The third kappa shape index (κ3) is 4.60. The lowest BCUT2D eigenvalue weighted by Crippen LogP contribution is -2.16. The second-order valence-electron chi connectivity index (χ2n) is 15.9. The molecule has 0 unspecified atom stereocenters. The van der Waals surface area contributed by atoms with E-state index in [-0.39, 0.29) is 5.41 Å². The molecule has 2 aromatic heterocycles. The molecule has 4 nitrogen and oxygen atoms in total. The molecule has 0 bridgehead atoms. The molecule has 0 N–H and O–H groups in total. The summed E-state index contributed by atoms with van der Waals surface area (Å²) in [6, 6.07) is 67.6. The van der Waals surface area contributed by atoms with E-state index in [2.05, 4.69) is 211 Å². The number of hydrogen-bond donors (Lipinski definition) is 0. The Kier molecular flexibility index (Phi) is 6.94. The molecule has 0 aliphatic heterocycles. The van der Waals surface area contributed by atoms with Crippen molar-refractivity contribution in [2.75, 3.05) is 4.90 Å². The van der Waals surface area contributed by atoms with Crippen LogP contribution in [-0.2, 0) is 5.41 Å². The molecule has 9 aromatic carbocycles. The minimum absolute atomic E-state index is 0.181. The molecule has 12 rings (SSSR count). The highest BCUT2D eigenvalue weighted by atomic mass is 16.3. The van der Waals surface area contributed by atoms with Gasteiger partial charge in [-0.2, -0.15) is 0 Å². The summed E-state index contributed by atoms with van der Waals surface area (Å²) < 4.78 is 9.45. The maximum atomic E-state index is 7.03. The molecule has 1 aliphatic rings. The fourth-order valence-corrected chi connectivity index (χ4v) is 9.80. The predicted molar refractivity (Wildman–Crippen MR) is 241 cm³/mol. The summed E-state index contributed by atoms with van der Waals surface area (Å²) in [5, 5.41) is 7.07. The lowest BCUT2D eigenvalue weighted by Gasteiger charge is -2.30. The van der Waals surface area contributed by atoms with Gasteiger partial charge in [-0.25, -0.2) is 4.98 Å². The maximum Gasteiger partial charge on any atom is 0.228 e. The van der Waals surface area contributed by atoms with Gasteiger partial charge in [0.2, 0.25) is 5.89 Å². The zero-order valence-corrected chi connectivity index (χ0v) is 32.1. The fourth-order valence-electron chi connectivity index (χ4n) is 9.80. The van der Waals surface area contributed by atoms with Crippen molar-refractivity contribution in [3.63, 3.8) is 0 Å². The zero-order valence-electron chi connectivity index (χ0n) is 32.1. The lowest BCUT2D eigenvalue weighted by atomic mass is 9.82. The number of para-hydroxylation sites is 3. The molecule has 11 aromatic rings. The SMILES string of the molecule is CC1(C)c2ccccc2-c2c(N(c3cc4c(c5ccccc35)c3ccccc3n4-c3ccccc3)c3cccc4nc(-c5cccc6ccccc56)oc34)cccc21. The van der Waals surface area contributed by atoms with Gasteiger partial charge < -0.3 is 13.9 Å². The van der Waals surface area contributed by atoms with Gasteiger partial charge in [-0.3, -0.25) is 0 Å². The van der Waals surface area contributed by atoms with Gasteiger partial charge >= 0.3 is 0 Å². The summed E-state index contributed by atoms with van der Waals surface area (Å²) in [5.74, 6) is 0.605. The molecule has 0 fully saturated rings. The summed E-state index contributed by atoms with van der Waals surface area (Å²) in [4.78, 5) is 7.64. The monoisotopic (exact) mass is 743 g/mol. The first-order valence-electron chi connectivity index (χ1n) is 20.0. The molecule has 0 spiro atoms. The van der Waals surface area contributed by atoms with Crippen LogP contribution in [0.4, 0.5) is 17.1 Å². The van der Waals surface area contributed by atoms with Crippen LogP contribution >= 0.6 is 0 Å². The third-order valence-electron chi connectivity index (χ3n) is 12.4. The van der Waals surface area contributed by atoms with Crippen molar-refractivity contribution in [3.8, 4) is 28.3 Å². The Bertz CT molecular complexity index is 3440. The molecule has 0 radical (unpaired) electrons. The minimum Gasteiger partial charge on any atom is -0.434 e. The van der Waals surface area contributed by atoms with Gasteiger partial charge in [0.05, 0.1) is 28.1 Å². The van der Waals surface area contributed by atoms with Gasteiger partial charge in [0.15, 0.2) is 5.58 Å². The van der Waals surface area contributed by atoms with Crippen molar-refractivity contribution in [1.82, 2.24) is 9.55 Å². The first kappa shape index (κ1) is 32.8. The molecule has 274 valence electrons. The first-order valence-corrected chi connectivity index (χ1v) is 20.0. The topological polar surface area (TPSA) is 34.2 Å². The van der Waals surface area contributed by atoms with Crippen molar-refractivity contribution in [2.45, 2.75) is 19.3 Å². The number of rotatable bonds is 5. The van der Waals surface area contributed by atoms with Crippen molar-refractivity contribution in [3.05, 3.63) is 199 Å². The van der Waals surface area contributed by atoms with Crippen molar-refractivity contribution >= 4 is 71.5 Å². The number of benzene rings is 9. The van der Waals surface area contributed by atoms with Crippen molar-refractivity contribution < 1.29 is 4.42 Å². The minimum atomic E-state index is -0.181. The highest BCUT2D eigenvalue weighted by Crippen LogP contribution is 2.56. The second kappa shape index (κ2) is 12.3.